The number of carboxylic acid groups (broad SMARTS) is 1. The Balaban J connectivity index is -0.0000000489. The minimum absolute atomic E-state index is 0.833. The summed E-state index contributed by atoms with van der Waals surface area (Å²) >= 11 is 0. The molecule has 0 saturated heterocycles. The van der Waals surface area contributed by atoms with Crippen LogP contribution in [0.5, 0.6) is 0 Å². The molecule has 2 aliphatic rings. The lowest BCUT2D eigenvalue weighted by atomic mass is 9.86. The van der Waals surface area contributed by atoms with E-state index < -0.39 is 5.97 Å². The van der Waals surface area contributed by atoms with Crippen LogP contribution in [0.3, 0.4) is 0 Å². The molecule has 0 atom stereocenters. The summed E-state index contributed by atoms with van der Waals surface area (Å²) in [7, 11) is 0. The van der Waals surface area contributed by atoms with E-state index in [9.17, 15) is 0 Å². The molecule has 0 bridgehead atoms. The average Bonchev–Trinajstić information content (AvgIpc) is 3.57. The number of aliphatic carboxylic acids is 1. The van der Waals surface area contributed by atoms with Crippen molar-refractivity contribution in [3.63, 3.8) is 0 Å². The van der Waals surface area contributed by atoms with Gasteiger partial charge in [0.1, 0.15) is 0 Å². The number of carboxylic acids is 1. The third-order valence-corrected chi connectivity index (χ3v) is 2.94. The second kappa shape index (κ2) is 49.5. The predicted octanol–water partition coefficient (Wildman–Crippen LogP) is 9.22. The molecule has 0 aromatic carbocycles. The molecule has 0 unspecified atom stereocenters. The number of hydrogen-bond acceptors (Lipinski definition) is 1. The number of hydrogen-bond donors (Lipinski definition) is 1. The lowest BCUT2D eigenvalue weighted by molar-refractivity contribution is -0.134. The first-order valence-corrected chi connectivity index (χ1v) is 11.4. The van der Waals surface area contributed by atoms with E-state index in [2.05, 4.69) is 0 Å². The first-order chi connectivity index (χ1) is 12.2. The Morgan fingerprint density at radius 1 is 0.560 bits per heavy atom. The molecule has 2 rings (SSSR count). The quantitative estimate of drug-likeness (QED) is 0.503. The zero-order chi connectivity index (χ0) is 21.7. The minimum Gasteiger partial charge on any atom is -0.481 e. The molecule has 2 heteroatoms. The van der Waals surface area contributed by atoms with Crippen LogP contribution in [0.1, 0.15) is 135 Å². The van der Waals surface area contributed by atoms with Crippen molar-refractivity contribution < 1.29 is 9.90 Å². The minimum atomic E-state index is -0.833. The van der Waals surface area contributed by atoms with Gasteiger partial charge in [-0.15, -0.1) is 0 Å². The van der Waals surface area contributed by atoms with Crippen LogP contribution in [0, 0.1) is 11.8 Å². The van der Waals surface area contributed by atoms with Crippen molar-refractivity contribution in [3.05, 3.63) is 0 Å². The summed E-state index contributed by atoms with van der Waals surface area (Å²) in [6.07, 6.45) is 10.8. The highest BCUT2D eigenvalue weighted by Crippen LogP contribution is 2.43. The molecule has 2 aliphatic carbocycles. The van der Waals surface area contributed by atoms with Crippen LogP contribution in [0.2, 0.25) is 0 Å². The Bertz CT molecular complexity index is 153. The van der Waals surface area contributed by atoms with Crippen LogP contribution in [-0.2, 0) is 4.79 Å². The molecule has 0 aromatic rings. The van der Waals surface area contributed by atoms with Gasteiger partial charge >= 0.3 is 0 Å². The van der Waals surface area contributed by atoms with Crippen LogP contribution in [-0.4, -0.2) is 11.1 Å². The molecule has 0 radical (unpaired) electrons. The van der Waals surface area contributed by atoms with Crippen molar-refractivity contribution in [1.82, 2.24) is 0 Å². The van der Waals surface area contributed by atoms with Gasteiger partial charge < -0.3 is 5.11 Å². The van der Waals surface area contributed by atoms with Crippen molar-refractivity contribution in [2.75, 3.05) is 0 Å². The Labute approximate surface area is 163 Å². The molecular formula is C23H56O2. The third-order valence-electron chi connectivity index (χ3n) is 2.94. The van der Waals surface area contributed by atoms with E-state index in [1.807, 2.05) is 83.1 Å². The zero-order valence-corrected chi connectivity index (χ0v) is 20.5. The van der Waals surface area contributed by atoms with Gasteiger partial charge in [0.2, 0.25) is 0 Å². The molecule has 2 nitrogen and oxygen atoms in total. The summed E-state index contributed by atoms with van der Waals surface area (Å²) < 4.78 is 0. The summed E-state index contributed by atoms with van der Waals surface area (Å²) in [6.45, 7) is 25.1. The van der Waals surface area contributed by atoms with Crippen molar-refractivity contribution in [1.29, 1.82) is 0 Å². The molecular weight excluding hydrogens is 308 g/mol. The molecule has 0 amide bonds. The van der Waals surface area contributed by atoms with Gasteiger partial charge in [-0.25, -0.2) is 0 Å². The monoisotopic (exact) mass is 364 g/mol. The number of rotatable bonds is 1. The van der Waals surface area contributed by atoms with Gasteiger partial charge in [-0.05, 0) is 24.7 Å². The Morgan fingerprint density at radius 3 is 0.960 bits per heavy atom. The Kier molecular flexibility index (Phi) is 78.3. The summed E-state index contributed by atoms with van der Waals surface area (Å²) in [6, 6.07) is 0. The van der Waals surface area contributed by atoms with E-state index in [1.54, 1.807) is 25.7 Å². The standard InChI is InChI=1S/C9H16.C2H4O2.6C2H6/c1-2-4-8(5-3-1)9-6-7-9;1-2(3)4;6*1-2/h8-9H,1-7H2;1H3,(H,3,4);6*1-2H3. The predicted molar refractivity (Wildman–Crippen MR) is 121 cm³/mol. The van der Waals surface area contributed by atoms with E-state index in [-0.39, 0.29) is 0 Å². The highest BCUT2D eigenvalue weighted by molar-refractivity contribution is 5.62. The van der Waals surface area contributed by atoms with Crippen LogP contribution in [0.15, 0.2) is 0 Å². The molecule has 0 heterocycles. The van der Waals surface area contributed by atoms with E-state index >= 15 is 0 Å². The Morgan fingerprint density at radius 2 is 0.760 bits per heavy atom. The molecule has 1 N–H and O–H groups in total. The van der Waals surface area contributed by atoms with Gasteiger partial charge in [-0.2, -0.15) is 0 Å². The van der Waals surface area contributed by atoms with Crippen LogP contribution < -0.4 is 0 Å². The molecule has 0 aliphatic heterocycles. The molecule has 25 heavy (non-hydrogen) atoms. The second-order valence-corrected chi connectivity index (χ2v) is 4.25. The summed E-state index contributed by atoms with van der Waals surface area (Å²) in [5.41, 5.74) is 0. The summed E-state index contributed by atoms with van der Waals surface area (Å²) in [5, 5.41) is 7.42. The van der Waals surface area contributed by atoms with Crippen LogP contribution >= 0.6 is 0 Å². The normalized spacial score (nSPS) is 13.5. The van der Waals surface area contributed by atoms with Crippen molar-refractivity contribution in [2.24, 2.45) is 11.8 Å². The summed E-state index contributed by atoms with van der Waals surface area (Å²) in [4.78, 5) is 9.00. The largest absolute Gasteiger partial charge is 0.481 e. The highest BCUT2D eigenvalue weighted by atomic mass is 16.4. The SMILES string of the molecule is C1CCC(C2CC2)CC1.CC.CC.CC.CC.CC.CC.CC(=O)O. The highest BCUT2D eigenvalue weighted by Gasteiger charge is 2.31. The maximum atomic E-state index is 9.00. The maximum absolute atomic E-state index is 9.00. The number of carbonyl (C=O) groups is 1. The smallest absolute Gasteiger partial charge is 0.300 e. The molecule has 0 aromatic heterocycles. The molecule has 160 valence electrons. The van der Waals surface area contributed by atoms with Gasteiger partial charge in [0.15, 0.2) is 0 Å². The van der Waals surface area contributed by atoms with E-state index in [4.69, 9.17) is 9.90 Å². The van der Waals surface area contributed by atoms with Gasteiger partial charge in [0.05, 0.1) is 0 Å². The van der Waals surface area contributed by atoms with Crippen LogP contribution in [0.4, 0.5) is 0 Å². The molecule has 0 spiro atoms. The maximum Gasteiger partial charge on any atom is 0.300 e. The van der Waals surface area contributed by atoms with Gasteiger partial charge in [0.25, 0.3) is 5.97 Å². The van der Waals surface area contributed by atoms with E-state index in [0.29, 0.717) is 0 Å². The fourth-order valence-electron chi connectivity index (χ4n) is 2.17. The van der Waals surface area contributed by atoms with E-state index in [1.165, 1.54) is 31.1 Å². The lowest BCUT2D eigenvalue weighted by Gasteiger charge is -2.20. The molecule has 2 saturated carbocycles. The second-order valence-electron chi connectivity index (χ2n) is 4.25. The lowest BCUT2D eigenvalue weighted by Crippen LogP contribution is -2.07. The average molecular weight is 365 g/mol. The third kappa shape index (κ3) is 51.7. The van der Waals surface area contributed by atoms with Gasteiger partial charge in [0, 0.05) is 6.92 Å². The summed E-state index contributed by atoms with van der Waals surface area (Å²) in [5.74, 6) is 1.52. The molecule has 2 fully saturated rings. The first-order valence-electron chi connectivity index (χ1n) is 11.4. The van der Waals surface area contributed by atoms with Gasteiger partial charge in [-0.3, -0.25) is 4.79 Å². The fraction of sp³-hybridized carbons (Fsp3) is 0.957. The van der Waals surface area contributed by atoms with Crippen molar-refractivity contribution in [3.8, 4) is 0 Å². The van der Waals surface area contributed by atoms with Crippen LogP contribution in [0.25, 0.3) is 0 Å². The zero-order valence-electron chi connectivity index (χ0n) is 20.5. The van der Waals surface area contributed by atoms with Gasteiger partial charge in [-0.1, -0.05) is 115 Å². The van der Waals surface area contributed by atoms with Crippen molar-refractivity contribution >= 4 is 5.97 Å². The Hall–Kier alpha value is -0.530. The van der Waals surface area contributed by atoms with E-state index in [0.717, 1.165) is 6.92 Å². The first kappa shape index (κ1) is 39.5. The van der Waals surface area contributed by atoms with Crippen molar-refractivity contribution in [2.45, 2.75) is 135 Å². The fourth-order valence-corrected chi connectivity index (χ4v) is 2.17. The topological polar surface area (TPSA) is 37.3 Å².